The van der Waals surface area contributed by atoms with E-state index in [4.69, 9.17) is 9.84 Å². The van der Waals surface area contributed by atoms with Gasteiger partial charge in [0.05, 0.1) is 11.9 Å². The molecule has 19 heavy (non-hydrogen) atoms. The van der Waals surface area contributed by atoms with Gasteiger partial charge in [0.2, 0.25) is 0 Å². The van der Waals surface area contributed by atoms with Gasteiger partial charge in [-0.25, -0.2) is 9.59 Å². The van der Waals surface area contributed by atoms with E-state index in [1.807, 2.05) is 30.3 Å². The summed E-state index contributed by atoms with van der Waals surface area (Å²) < 4.78 is 4.95. The molecule has 1 heterocycles. The molecular weight excluding hydrogens is 250 g/mol. The summed E-state index contributed by atoms with van der Waals surface area (Å²) in [5.41, 5.74) is 0.700. The third-order valence-corrected chi connectivity index (χ3v) is 2.30. The average Bonchev–Trinajstić information content (AvgIpc) is 2.86. The van der Waals surface area contributed by atoms with Crippen LogP contribution in [0, 0.1) is 0 Å². The number of carbonyl (C=O) groups excluding carboxylic acids is 1. The lowest BCUT2D eigenvalue weighted by Crippen LogP contribution is -2.15. The summed E-state index contributed by atoms with van der Waals surface area (Å²) in [5.74, 6) is -1.21. The molecular formula is C12H11N3O4. The fourth-order valence-corrected chi connectivity index (χ4v) is 1.41. The molecule has 0 saturated carbocycles. The molecule has 1 aromatic carbocycles. The highest BCUT2D eigenvalue weighted by Gasteiger charge is 2.15. The van der Waals surface area contributed by atoms with Crippen molar-refractivity contribution in [1.29, 1.82) is 0 Å². The number of nitrogens with zero attached hydrogens (tertiary/aromatic N) is 1. The van der Waals surface area contributed by atoms with Crippen molar-refractivity contribution in [1.82, 2.24) is 10.2 Å². The van der Waals surface area contributed by atoms with E-state index in [0.717, 1.165) is 5.56 Å². The summed E-state index contributed by atoms with van der Waals surface area (Å²) in [4.78, 5) is 22.3. The van der Waals surface area contributed by atoms with Crippen LogP contribution in [0.2, 0.25) is 0 Å². The number of hydrogen-bond donors (Lipinski definition) is 3. The van der Waals surface area contributed by atoms with E-state index >= 15 is 0 Å². The number of aromatic nitrogens is 2. The summed E-state index contributed by atoms with van der Waals surface area (Å²) >= 11 is 0. The van der Waals surface area contributed by atoms with E-state index in [1.54, 1.807) is 0 Å². The minimum absolute atomic E-state index is 0.0607. The summed E-state index contributed by atoms with van der Waals surface area (Å²) in [5, 5.41) is 16.9. The lowest BCUT2D eigenvalue weighted by Gasteiger charge is -2.06. The van der Waals surface area contributed by atoms with Crippen molar-refractivity contribution < 1.29 is 19.4 Å². The van der Waals surface area contributed by atoms with Crippen LogP contribution < -0.4 is 5.32 Å². The zero-order valence-corrected chi connectivity index (χ0v) is 9.79. The molecule has 0 spiro atoms. The number of benzene rings is 1. The molecule has 1 amide bonds. The molecule has 1 aromatic heterocycles. The van der Waals surface area contributed by atoms with Crippen LogP contribution in [0.25, 0.3) is 0 Å². The van der Waals surface area contributed by atoms with Crippen molar-refractivity contribution in [3.05, 3.63) is 47.8 Å². The predicted octanol–water partition coefficient (Wildman–Crippen LogP) is 1.86. The molecule has 0 fully saturated rings. The highest BCUT2D eigenvalue weighted by atomic mass is 16.5. The lowest BCUT2D eigenvalue weighted by atomic mass is 10.2. The largest absolute Gasteiger partial charge is 0.476 e. The minimum atomic E-state index is -1.21. The second kappa shape index (κ2) is 5.67. The molecule has 98 valence electrons. The molecule has 0 unspecified atom stereocenters. The van der Waals surface area contributed by atoms with Gasteiger partial charge in [-0.1, -0.05) is 30.3 Å². The quantitative estimate of drug-likeness (QED) is 0.779. The second-order valence-electron chi connectivity index (χ2n) is 3.65. The Morgan fingerprint density at radius 2 is 2.05 bits per heavy atom. The predicted molar refractivity (Wildman–Crippen MR) is 65.8 cm³/mol. The third kappa shape index (κ3) is 3.32. The minimum Gasteiger partial charge on any atom is -0.476 e. The number of hydrogen-bond acceptors (Lipinski definition) is 4. The molecule has 7 nitrogen and oxygen atoms in total. The maximum atomic E-state index is 11.5. The Labute approximate surface area is 108 Å². The monoisotopic (exact) mass is 261 g/mol. The molecule has 0 saturated heterocycles. The van der Waals surface area contributed by atoms with Crippen molar-refractivity contribution in [3.8, 4) is 0 Å². The summed E-state index contributed by atoms with van der Waals surface area (Å²) in [7, 11) is 0. The maximum absolute atomic E-state index is 11.5. The number of ether oxygens (including phenoxy) is 1. The fourth-order valence-electron chi connectivity index (χ4n) is 1.41. The van der Waals surface area contributed by atoms with Crippen molar-refractivity contribution >= 4 is 17.7 Å². The highest BCUT2D eigenvalue weighted by Crippen LogP contribution is 2.12. The van der Waals surface area contributed by atoms with Crippen LogP contribution in [-0.4, -0.2) is 27.4 Å². The van der Waals surface area contributed by atoms with E-state index in [-0.39, 0.29) is 18.0 Å². The molecule has 2 rings (SSSR count). The van der Waals surface area contributed by atoms with Gasteiger partial charge >= 0.3 is 12.1 Å². The van der Waals surface area contributed by atoms with Gasteiger partial charge in [-0.05, 0) is 5.56 Å². The number of rotatable bonds is 4. The van der Waals surface area contributed by atoms with Crippen LogP contribution in [0.4, 0.5) is 10.5 Å². The highest BCUT2D eigenvalue weighted by molar-refractivity contribution is 5.96. The van der Waals surface area contributed by atoms with E-state index in [9.17, 15) is 9.59 Å². The Bertz CT molecular complexity index is 580. The lowest BCUT2D eigenvalue weighted by molar-refractivity contribution is 0.0691. The standard InChI is InChI=1S/C12H11N3O4/c16-11(17)10-9(6-13-15-10)14-12(18)19-7-8-4-2-1-3-5-8/h1-6H,7H2,(H,13,15)(H,14,18)(H,16,17). The molecule has 0 aliphatic rings. The number of aromatic amines is 1. The van der Waals surface area contributed by atoms with Crippen molar-refractivity contribution in [2.75, 3.05) is 5.32 Å². The molecule has 3 N–H and O–H groups in total. The molecule has 0 aliphatic carbocycles. The summed E-state index contributed by atoms with van der Waals surface area (Å²) in [6.45, 7) is 0.104. The van der Waals surface area contributed by atoms with Crippen LogP contribution in [0.1, 0.15) is 16.1 Å². The van der Waals surface area contributed by atoms with Gasteiger partial charge in [0.25, 0.3) is 0 Å². The van der Waals surface area contributed by atoms with Crippen LogP contribution in [-0.2, 0) is 11.3 Å². The maximum Gasteiger partial charge on any atom is 0.412 e. The molecule has 2 aromatic rings. The van der Waals surface area contributed by atoms with Gasteiger partial charge in [-0.2, -0.15) is 5.10 Å². The average molecular weight is 261 g/mol. The Kier molecular flexibility index (Phi) is 3.77. The molecule has 0 bridgehead atoms. The zero-order valence-electron chi connectivity index (χ0n) is 9.79. The summed E-state index contributed by atoms with van der Waals surface area (Å²) in [6, 6.07) is 9.14. The Morgan fingerprint density at radius 3 is 2.74 bits per heavy atom. The number of nitrogens with one attached hydrogen (secondary N) is 2. The molecule has 0 aliphatic heterocycles. The molecule has 7 heteroatoms. The van der Waals surface area contributed by atoms with Crippen LogP contribution >= 0.6 is 0 Å². The topological polar surface area (TPSA) is 104 Å². The van der Waals surface area contributed by atoms with Gasteiger partial charge in [0, 0.05) is 0 Å². The van der Waals surface area contributed by atoms with E-state index in [0.29, 0.717) is 0 Å². The van der Waals surface area contributed by atoms with Crippen molar-refractivity contribution in [3.63, 3.8) is 0 Å². The summed E-state index contributed by atoms with van der Waals surface area (Å²) in [6.07, 6.45) is 0.459. The van der Waals surface area contributed by atoms with Gasteiger partial charge in [0.15, 0.2) is 5.69 Å². The number of carboxylic acid groups (broad SMARTS) is 1. The SMILES string of the molecule is O=C(Nc1cn[nH]c1C(=O)O)OCc1ccccc1. The molecule has 0 atom stereocenters. The number of anilines is 1. The van der Waals surface area contributed by atoms with Crippen molar-refractivity contribution in [2.24, 2.45) is 0 Å². The first-order chi connectivity index (χ1) is 9.16. The van der Waals surface area contributed by atoms with Gasteiger partial charge in [-0.3, -0.25) is 10.4 Å². The Balaban J connectivity index is 1.91. The van der Waals surface area contributed by atoms with Gasteiger partial charge < -0.3 is 9.84 Å². The van der Waals surface area contributed by atoms with Crippen molar-refractivity contribution in [2.45, 2.75) is 6.61 Å². The number of aromatic carboxylic acids is 1. The van der Waals surface area contributed by atoms with Crippen LogP contribution in [0.5, 0.6) is 0 Å². The number of H-pyrrole nitrogens is 1. The number of amides is 1. The van der Waals surface area contributed by atoms with Crippen LogP contribution in [0.3, 0.4) is 0 Å². The third-order valence-electron chi connectivity index (χ3n) is 2.30. The first-order valence-electron chi connectivity index (χ1n) is 5.41. The van der Waals surface area contributed by atoms with Crippen LogP contribution in [0.15, 0.2) is 36.5 Å². The zero-order chi connectivity index (χ0) is 13.7. The normalized spacial score (nSPS) is 9.89. The number of carboxylic acids is 1. The van der Waals surface area contributed by atoms with E-state index in [1.165, 1.54) is 6.20 Å². The van der Waals surface area contributed by atoms with E-state index in [2.05, 4.69) is 15.5 Å². The fraction of sp³-hybridized carbons (Fsp3) is 0.0833. The van der Waals surface area contributed by atoms with Gasteiger partial charge in [0.1, 0.15) is 6.61 Å². The second-order valence-corrected chi connectivity index (χ2v) is 3.65. The number of carbonyl (C=O) groups is 2. The smallest absolute Gasteiger partial charge is 0.412 e. The van der Waals surface area contributed by atoms with Gasteiger partial charge in [-0.15, -0.1) is 0 Å². The Hall–Kier alpha value is -2.83. The van der Waals surface area contributed by atoms with E-state index < -0.39 is 12.1 Å². The Morgan fingerprint density at radius 1 is 1.32 bits per heavy atom. The first-order valence-corrected chi connectivity index (χ1v) is 5.41. The first kappa shape index (κ1) is 12.6. The molecule has 0 radical (unpaired) electrons.